The maximum Gasteiger partial charge on any atom is 0.123 e. The second-order valence-electron chi connectivity index (χ2n) is 3.98. The molecule has 0 amide bonds. The number of H-pyrrole nitrogens is 1. The van der Waals surface area contributed by atoms with E-state index >= 15 is 0 Å². The molecule has 4 nitrogen and oxygen atoms in total. The van der Waals surface area contributed by atoms with Crippen LogP contribution in [0.4, 0.5) is 5.82 Å². The van der Waals surface area contributed by atoms with Crippen molar-refractivity contribution in [1.29, 1.82) is 0 Å². The van der Waals surface area contributed by atoms with E-state index in [9.17, 15) is 0 Å². The van der Waals surface area contributed by atoms with Gasteiger partial charge in [-0.15, -0.1) is 0 Å². The fourth-order valence-electron chi connectivity index (χ4n) is 1.93. The summed E-state index contributed by atoms with van der Waals surface area (Å²) in [5, 5.41) is 3.38. The van der Waals surface area contributed by atoms with Crippen molar-refractivity contribution >= 4 is 5.82 Å². The summed E-state index contributed by atoms with van der Waals surface area (Å²) in [6.07, 6.45) is 5.86. The van der Waals surface area contributed by atoms with E-state index in [4.69, 9.17) is 4.74 Å². The largest absolute Gasteiger partial charge is 0.381 e. The lowest BCUT2D eigenvalue weighted by molar-refractivity contribution is 0.183. The van der Waals surface area contributed by atoms with Gasteiger partial charge in [-0.2, -0.15) is 0 Å². The fraction of sp³-hybridized carbons (Fsp3) is 0.700. The number of anilines is 1. The van der Waals surface area contributed by atoms with Gasteiger partial charge in [-0.25, -0.2) is 4.98 Å². The first kappa shape index (κ1) is 9.52. The number of hydrogen-bond donors (Lipinski definition) is 2. The smallest absolute Gasteiger partial charge is 0.123 e. The van der Waals surface area contributed by atoms with Crippen molar-refractivity contribution in [3.8, 4) is 0 Å². The zero-order chi connectivity index (χ0) is 9.80. The van der Waals surface area contributed by atoms with Crippen LogP contribution in [-0.4, -0.2) is 29.2 Å². The minimum Gasteiger partial charge on any atom is -0.381 e. The van der Waals surface area contributed by atoms with Gasteiger partial charge < -0.3 is 15.0 Å². The summed E-state index contributed by atoms with van der Waals surface area (Å²) in [6, 6.07) is 0.474. The zero-order valence-corrected chi connectivity index (χ0v) is 8.49. The third-order valence-electron chi connectivity index (χ3n) is 2.61. The first-order valence-electron chi connectivity index (χ1n) is 5.17. The number of nitrogens with one attached hydrogen (secondary N) is 2. The second-order valence-corrected chi connectivity index (χ2v) is 3.98. The summed E-state index contributed by atoms with van der Waals surface area (Å²) in [5.74, 6) is 1.72. The second kappa shape index (κ2) is 4.46. The molecule has 1 aliphatic rings. The van der Waals surface area contributed by atoms with E-state index in [1.54, 1.807) is 6.33 Å². The molecule has 14 heavy (non-hydrogen) atoms. The first-order valence-corrected chi connectivity index (χ1v) is 5.17. The van der Waals surface area contributed by atoms with E-state index < -0.39 is 0 Å². The molecule has 2 unspecified atom stereocenters. The van der Waals surface area contributed by atoms with Gasteiger partial charge >= 0.3 is 0 Å². The number of hydrogen-bond acceptors (Lipinski definition) is 3. The average molecular weight is 195 g/mol. The van der Waals surface area contributed by atoms with Gasteiger partial charge in [0.2, 0.25) is 0 Å². The van der Waals surface area contributed by atoms with Gasteiger partial charge in [0.25, 0.3) is 0 Å². The average Bonchev–Trinajstić information content (AvgIpc) is 2.76. The third-order valence-corrected chi connectivity index (χ3v) is 2.61. The molecule has 2 rings (SSSR count). The van der Waals surface area contributed by atoms with Gasteiger partial charge in [0, 0.05) is 19.3 Å². The van der Waals surface area contributed by atoms with Crippen LogP contribution in [0.3, 0.4) is 0 Å². The Bertz CT molecular complexity index is 254. The lowest BCUT2D eigenvalue weighted by atomic mass is 10.0. The van der Waals surface area contributed by atoms with Crippen molar-refractivity contribution in [2.45, 2.75) is 25.8 Å². The molecule has 0 spiro atoms. The molecule has 1 saturated heterocycles. The SMILES string of the molecule is CC(CC1CCOC1)Nc1cnc[nH]1. The summed E-state index contributed by atoms with van der Waals surface area (Å²) in [6.45, 7) is 4.05. The maximum atomic E-state index is 5.35. The monoisotopic (exact) mass is 195 g/mol. The minimum atomic E-state index is 0.474. The standard InChI is InChI=1S/C10H17N3O/c1-8(4-9-2-3-14-6-9)13-10-5-11-7-12-10/h5,7-9,13H,2-4,6H2,1H3,(H,11,12). The van der Waals surface area contributed by atoms with Crippen LogP contribution in [0.1, 0.15) is 19.8 Å². The molecular formula is C10H17N3O. The van der Waals surface area contributed by atoms with Gasteiger partial charge in [0.1, 0.15) is 5.82 Å². The van der Waals surface area contributed by atoms with E-state index in [0.29, 0.717) is 6.04 Å². The number of nitrogens with zero attached hydrogens (tertiary/aromatic N) is 1. The summed E-state index contributed by atoms with van der Waals surface area (Å²) >= 11 is 0. The summed E-state index contributed by atoms with van der Waals surface area (Å²) in [5.41, 5.74) is 0. The van der Waals surface area contributed by atoms with E-state index in [1.807, 2.05) is 6.20 Å². The molecule has 0 aliphatic carbocycles. The van der Waals surface area contributed by atoms with Crippen LogP contribution < -0.4 is 5.32 Å². The minimum absolute atomic E-state index is 0.474. The molecule has 1 fully saturated rings. The highest BCUT2D eigenvalue weighted by atomic mass is 16.5. The van der Waals surface area contributed by atoms with E-state index in [-0.39, 0.29) is 0 Å². The molecule has 2 atom stereocenters. The highest BCUT2D eigenvalue weighted by Crippen LogP contribution is 2.19. The molecule has 2 N–H and O–H groups in total. The zero-order valence-electron chi connectivity index (χ0n) is 8.49. The summed E-state index contributed by atoms with van der Waals surface area (Å²) < 4.78 is 5.35. The van der Waals surface area contributed by atoms with Crippen LogP contribution in [-0.2, 0) is 4.74 Å². The number of imidazole rings is 1. The Morgan fingerprint density at radius 3 is 3.36 bits per heavy atom. The van der Waals surface area contributed by atoms with Gasteiger partial charge in [0.15, 0.2) is 0 Å². The van der Waals surface area contributed by atoms with Gasteiger partial charge in [0.05, 0.1) is 12.5 Å². The number of aromatic amines is 1. The summed E-state index contributed by atoms with van der Waals surface area (Å²) in [7, 11) is 0. The fourth-order valence-corrected chi connectivity index (χ4v) is 1.93. The van der Waals surface area contributed by atoms with Gasteiger partial charge in [-0.3, -0.25) is 0 Å². The molecule has 2 heterocycles. The molecule has 0 saturated carbocycles. The van der Waals surface area contributed by atoms with Crippen LogP contribution in [0.2, 0.25) is 0 Å². The predicted octanol–water partition coefficient (Wildman–Crippen LogP) is 1.64. The molecule has 1 aromatic rings. The van der Waals surface area contributed by atoms with Crippen LogP contribution in [0, 0.1) is 5.92 Å². The molecule has 4 heteroatoms. The van der Waals surface area contributed by atoms with E-state index in [2.05, 4.69) is 22.2 Å². The first-order chi connectivity index (χ1) is 6.84. The number of aromatic nitrogens is 2. The van der Waals surface area contributed by atoms with Crippen molar-refractivity contribution < 1.29 is 4.74 Å². The summed E-state index contributed by atoms with van der Waals surface area (Å²) in [4.78, 5) is 7.00. The van der Waals surface area contributed by atoms with Crippen molar-refractivity contribution in [3.05, 3.63) is 12.5 Å². The Kier molecular flexibility index (Phi) is 3.03. The Labute approximate surface area is 84.1 Å². The lowest BCUT2D eigenvalue weighted by Gasteiger charge is -2.16. The Hall–Kier alpha value is -1.03. The molecule has 1 aliphatic heterocycles. The number of rotatable bonds is 4. The molecule has 1 aromatic heterocycles. The van der Waals surface area contributed by atoms with Crippen LogP contribution >= 0.6 is 0 Å². The molecule has 0 radical (unpaired) electrons. The van der Waals surface area contributed by atoms with Crippen LogP contribution in [0.5, 0.6) is 0 Å². The highest BCUT2D eigenvalue weighted by Gasteiger charge is 2.18. The maximum absolute atomic E-state index is 5.35. The normalized spacial score (nSPS) is 23.6. The van der Waals surface area contributed by atoms with E-state index in [1.165, 1.54) is 12.8 Å². The van der Waals surface area contributed by atoms with Crippen molar-refractivity contribution in [3.63, 3.8) is 0 Å². The van der Waals surface area contributed by atoms with Crippen molar-refractivity contribution in [1.82, 2.24) is 9.97 Å². The van der Waals surface area contributed by atoms with Gasteiger partial charge in [-0.05, 0) is 25.7 Å². The molecular weight excluding hydrogens is 178 g/mol. The quantitative estimate of drug-likeness (QED) is 0.767. The van der Waals surface area contributed by atoms with Crippen molar-refractivity contribution in [2.75, 3.05) is 18.5 Å². The molecule has 78 valence electrons. The Balaban J connectivity index is 1.75. The predicted molar refractivity (Wildman–Crippen MR) is 55.2 cm³/mol. The third kappa shape index (κ3) is 2.48. The lowest BCUT2D eigenvalue weighted by Crippen LogP contribution is -2.19. The molecule has 0 aromatic carbocycles. The van der Waals surface area contributed by atoms with Gasteiger partial charge in [-0.1, -0.05) is 0 Å². The Morgan fingerprint density at radius 2 is 2.71 bits per heavy atom. The van der Waals surface area contributed by atoms with E-state index in [0.717, 1.165) is 24.9 Å². The number of ether oxygens (including phenoxy) is 1. The van der Waals surface area contributed by atoms with Crippen molar-refractivity contribution in [2.24, 2.45) is 5.92 Å². The Morgan fingerprint density at radius 1 is 1.79 bits per heavy atom. The van der Waals surface area contributed by atoms with Crippen LogP contribution in [0.25, 0.3) is 0 Å². The topological polar surface area (TPSA) is 49.9 Å². The van der Waals surface area contributed by atoms with Crippen LogP contribution in [0.15, 0.2) is 12.5 Å². The highest BCUT2D eigenvalue weighted by molar-refractivity contribution is 5.31. The molecule has 0 bridgehead atoms.